The van der Waals surface area contributed by atoms with Gasteiger partial charge in [0.15, 0.2) is 0 Å². The fraction of sp³-hybridized carbons (Fsp3) is 0.357. The summed E-state index contributed by atoms with van der Waals surface area (Å²) >= 11 is 0. The molecular weight excluding hydrogens is 435 g/mol. The number of hydroxylamine groups is 2. The Labute approximate surface area is 192 Å². The van der Waals surface area contributed by atoms with Gasteiger partial charge in [0.05, 0.1) is 6.04 Å². The van der Waals surface area contributed by atoms with Gasteiger partial charge in [-0.25, -0.2) is 18.2 Å². The number of aromatic nitrogens is 1. The van der Waals surface area contributed by atoms with Crippen molar-refractivity contribution in [2.75, 3.05) is 6.54 Å². The summed E-state index contributed by atoms with van der Waals surface area (Å²) in [5.74, 6) is -2.41. The number of amides is 5. The normalized spacial score (nSPS) is 20.4. The number of hydrogen-bond donors (Lipinski definition) is 3. The van der Waals surface area contributed by atoms with E-state index in [-0.39, 0.29) is 60.3 Å². The monoisotopic (exact) mass is 450 g/mol. The van der Waals surface area contributed by atoms with E-state index >= 15 is 0 Å². The quantitative estimate of drug-likeness (QED) is 0.169. The molecule has 0 unspecified atom stereocenters. The molecule has 2 aliphatic heterocycles. The van der Waals surface area contributed by atoms with Crippen molar-refractivity contribution >= 4 is 34.2 Å². The Bertz CT molecular complexity index is 988. The number of nitrogens with zero attached hydrogens (tertiary/aromatic N) is 3. The first kappa shape index (κ1) is 24.0. The second-order valence-electron chi connectivity index (χ2n) is 6.21. The molecule has 0 radical (unpaired) electrons. The largest absolute Gasteiger partial charge is 1.00 e. The van der Waals surface area contributed by atoms with Gasteiger partial charge >= 0.3 is 35.6 Å². The zero-order valence-corrected chi connectivity index (χ0v) is 18.4. The van der Waals surface area contributed by atoms with Crippen molar-refractivity contribution in [3.63, 3.8) is 0 Å². The van der Waals surface area contributed by atoms with Crippen LogP contribution in [-0.2, 0) is 19.5 Å². The third-order valence-corrected chi connectivity index (χ3v) is 4.67. The van der Waals surface area contributed by atoms with E-state index in [1.807, 2.05) is 0 Å². The minimum absolute atomic E-state index is 0. The van der Waals surface area contributed by atoms with Gasteiger partial charge in [-0.15, -0.1) is 0 Å². The summed E-state index contributed by atoms with van der Waals surface area (Å²) in [5.41, 5.74) is 9.01. The molecule has 5 amide bonds. The molecular formula is C14H15N6NaO8S. The number of urea groups is 1. The van der Waals surface area contributed by atoms with Gasteiger partial charge in [-0.05, 0) is 25.0 Å². The second kappa shape index (κ2) is 9.23. The maximum absolute atomic E-state index is 12.4. The van der Waals surface area contributed by atoms with Crippen LogP contribution in [0.2, 0.25) is 0 Å². The fourth-order valence-corrected chi connectivity index (χ4v) is 3.45. The number of hydrogen-bond acceptors (Lipinski definition) is 9. The van der Waals surface area contributed by atoms with Crippen molar-refractivity contribution in [1.29, 1.82) is 0 Å². The average Bonchev–Trinajstić information content (AvgIpc) is 2.89. The minimum Gasteiger partial charge on any atom is -0.724 e. The molecule has 2 saturated heterocycles. The summed E-state index contributed by atoms with van der Waals surface area (Å²) < 4.78 is 36.4. The van der Waals surface area contributed by atoms with Crippen LogP contribution < -0.4 is 46.1 Å². The molecule has 14 nitrogen and oxygen atoms in total. The van der Waals surface area contributed by atoms with Crippen molar-refractivity contribution in [2.24, 2.45) is 5.73 Å². The zero-order valence-electron chi connectivity index (χ0n) is 15.6. The van der Waals surface area contributed by atoms with Crippen LogP contribution in [0.25, 0.3) is 0 Å². The van der Waals surface area contributed by atoms with Crippen LogP contribution in [0.1, 0.15) is 33.8 Å². The van der Waals surface area contributed by atoms with E-state index in [4.69, 9.17) is 5.73 Å². The minimum atomic E-state index is -5.15. The smallest absolute Gasteiger partial charge is 0.724 e. The molecule has 2 bridgehead atoms. The Balaban J connectivity index is 0.00000320. The average molecular weight is 450 g/mol. The van der Waals surface area contributed by atoms with E-state index in [0.717, 1.165) is 4.90 Å². The number of carbonyl (C=O) groups is 4. The molecule has 2 atom stereocenters. The maximum Gasteiger partial charge on any atom is 1.00 e. The van der Waals surface area contributed by atoms with Crippen LogP contribution in [0, 0.1) is 0 Å². The van der Waals surface area contributed by atoms with Gasteiger partial charge < -0.3 is 15.2 Å². The van der Waals surface area contributed by atoms with Crippen molar-refractivity contribution in [3.05, 3.63) is 29.6 Å². The van der Waals surface area contributed by atoms with E-state index in [2.05, 4.69) is 20.1 Å². The molecule has 0 spiro atoms. The summed E-state index contributed by atoms with van der Waals surface area (Å²) in [4.78, 5) is 52.6. The van der Waals surface area contributed by atoms with Gasteiger partial charge in [-0.2, -0.15) is 9.35 Å². The number of carbonyl (C=O) groups excluding carboxylic acids is 4. The van der Waals surface area contributed by atoms with Gasteiger partial charge in [-0.1, -0.05) is 6.07 Å². The number of hydrazine groups is 1. The number of rotatable bonds is 5. The molecule has 4 N–H and O–H groups in total. The Morgan fingerprint density at radius 2 is 1.87 bits per heavy atom. The number of primary amides is 1. The Morgan fingerprint density at radius 1 is 1.20 bits per heavy atom. The molecule has 1 aromatic heterocycles. The van der Waals surface area contributed by atoms with Gasteiger partial charge in [0.25, 0.3) is 17.7 Å². The number of fused-ring (bicyclic) bond motifs is 2. The number of nitrogens with one attached hydrogen (secondary N) is 2. The predicted octanol–water partition coefficient (Wildman–Crippen LogP) is -5.39. The van der Waals surface area contributed by atoms with Gasteiger partial charge in [0.2, 0.25) is 10.4 Å². The van der Waals surface area contributed by atoms with E-state index in [0.29, 0.717) is 5.06 Å². The SMILES string of the molecule is NC(=O)c1cccc(C(=O)NNC(=O)[C@@H]2CC[C@H]3CN2C(=O)N3OS(=O)(=O)[O-])n1.[Na+]. The van der Waals surface area contributed by atoms with E-state index < -0.39 is 46.2 Å². The third kappa shape index (κ3) is 5.24. The molecule has 30 heavy (non-hydrogen) atoms. The maximum atomic E-state index is 12.4. The molecule has 0 saturated carbocycles. The molecule has 2 fully saturated rings. The first-order valence-electron chi connectivity index (χ1n) is 8.19. The summed E-state index contributed by atoms with van der Waals surface area (Å²) in [6.07, 6.45) is 0.346. The van der Waals surface area contributed by atoms with Crippen LogP contribution in [0.3, 0.4) is 0 Å². The zero-order chi connectivity index (χ0) is 21.3. The van der Waals surface area contributed by atoms with Gasteiger partial charge in [0.1, 0.15) is 17.4 Å². The molecule has 3 rings (SSSR count). The van der Waals surface area contributed by atoms with E-state index in [9.17, 15) is 32.1 Å². The summed E-state index contributed by atoms with van der Waals surface area (Å²) in [6, 6.07) is 1.33. The van der Waals surface area contributed by atoms with E-state index in [1.54, 1.807) is 0 Å². The van der Waals surface area contributed by atoms with Crippen LogP contribution in [-0.4, -0.2) is 70.3 Å². The molecule has 0 aromatic carbocycles. The standard InChI is InChI=1S/C14H16N6O8S.Na/c15-11(21)8-2-1-3-9(16-8)12(22)17-18-13(23)10-5-4-7-6-19(10)14(24)20(7)28-29(25,26)27;/h1-3,7,10H,4-6H2,(H2,15,21)(H,17,22)(H,18,23)(H,25,26,27);/q;+1/p-1/t7-,10-;/m0./s1. The number of piperidine rings is 1. The van der Waals surface area contributed by atoms with Gasteiger partial charge in [-0.3, -0.25) is 25.2 Å². The first-order chi connectivity index (χ1) is 13.6. The van der Waals surface area contributed by atoms with Crippen LogP contribution in [0.4, 0.5) is 4.79 Å². The van der Waals surface area contributed by atoms with Crippen LogP contribution in [0.5, 0.6) is 0 Å². The third-order valence-electron chi connectivity index (χ3n) is 4.33. The summed E-state index contributed by atoms with van der Waals surface area (Å²) in [7, 11) is -5.15. The fourth-order valence-electron chi connectivity index (χ4n) is 3.07. The van der Waals surface area contributed by atoms with E-state index in [1.165, 1.54) is 18.2 Å². The molecule has 156 valence electrons. The van der Waals surface area contributed by atoms with Gasteiger partial charge in [0, 0.05) is 6.54 Å². The summed E-state index contributed by atoms with van der Waals surface area (Å²) in [6.45, 7) is -0.0252. The second-order valence-corrected chi connectivity index (χ2v) is 7.17. The van der Waals surface area contributed by atoms with Crippen molar-refractivity contribution in [2.45, 2.75) is 24.9 Å². The first-order valence-corrected chi connectivity index (χ1v) is 9.52. The Kier molecular flexibility index (Phi) is 7.38. The van der Waals surface area contributed by atoms with Crippen molar-refractivity contribution in [3.8, 4) is 0 Å². The summed E-state index contributed by atoms with van der Waals surface area (Å²) in [5, 5.41) is 0.438. The molecule has 16 heteroatoms. The predicted molar refractivity (Wildman–Crippen MR) is 89.9 cm³/mol. The number of nitrogens with two attached hydrogens (primary N) is 1. The van der Waals surface area contributed by atoms with Crippen LogP contribution >= 0.6 is 0 Å². The Morgan fingerprint density at radius 3 is 2.50 bits per heavy atom. The topological polar surface area (TPSA) is 204 Å². The molecule has 3 heterocycles. The van der Waals surface area contributed by atoms with Crippen molar-refractivity contribution < 1.29 is 66.0 Å². The molecule has 2 aliphatic rings. The van der Waals surface area contributed by atoms with Crippen LogP contribution in [0.15, 0.2) is 18.2 Å². The Hall–Kier alpha value is -2.30. The van der Waals surface area contributed by atoms with Crippen molar-refractivity contribution in [1.82, 2.24) is 25.8 Å². The molecule has 0 aliphatic carbocycles. The molecule has 1 aromatic rings. The number of pyridine rings is 1.